The Hall–Kier alpha value is -4.38. The van der Waals surface area contributed by atoms with Gasteiger partial charge in [-0.05, 0) is 74.2 Å². The van der Waals surface area contributed by atoms with E-state index in [0.717, 1.165) is 37.8 Å². The normalized spacial score (nSPS) is 19.0. The first-order valence-electron chi connectivity index (χ1n) is 13.7. The number of hydrogen-bond acceptors (Lipinski definition) is 6. The van der Waals surface area contributed by atoms with E-state index in [1.165, 1.54) is 6.07 Å². The molecule has 2 aliphatic rings. The van der Waals surface area contributed by atoms with Gasteiger partial charge in [0.2, 0.25) is 0 Å². The van der Waals surface area contributed by atoms with E-state index in [1.807, 2.05) is 4.90 Å². The zero-order valence-electron chi connectivity index (χ0n) is 22.5. The molecule has 41 heavy (non-hydrogen) atoms. The van der Waals surface area contributed by atoms with E-state index in [-0.39, 0.29) is 29.5 Å². The Morgan fingerprint density at radius 2 is 1.44 bits per heavy atom. The fraction of sp³-hybridized carbons (Fsp3) is 0.333. The molecule has 0 radical (unpaired) electrons. The first-order chi connectivity index (χ1) is 19.8. The first-order valence-corrected chi connectivity index (χ1v) is 13.7. The summed E-state index contributed by atoms with van der Waals surface area (Å²) in [5, 5.41) is 5.84. The molecule has 0 bridgehead atoms. The molecule has 1 aromatic heterocycles. The van der Waals surface area contributed by atoms with E-state index in [2.05, 4.69) is 15.6 Å². The molecule has 5 rings (SSSR count). The second-order valence-electron chi connectivity index (χ2n) is 10.4. The van der Waals surface area contributed by atoms with Crippen molar-refractivity contribution in [3.05, 3.63) is 89.2 Å². The molecule has 1 saturated carbocycles. The van der Waals surface area contributed by atoms with Crippen LogP contribution in [0, 0.1) is 11.6 Å². The van der Waals surface area contributed by atoms with Gasteiger partial charge in [0.05, 0.1) is 11.4 Å². The molecule has 0 atom stereocenters. The number of aromatic nitrogens is 1. The summed E-state index contributed by atoms with van der Waals surface area (Å²) in [5.74, 6) is -3.19. The Kier molecular flexibility index (Phi) is 8.53. The number of piperazine rings is 1. The number of carbonyl (C=O) groups is 3. The number of benzene rings is 2. The largest absolute Gasteiger partial charge is 0.366 e. The van der Waals surface area contributed by atoms with Gasteiger partial charge in [0.15, 0.2) is 11.6 Å². The second-order valence-corrected chi connectivity index (χ2v) is 10.4. The van der Waals surface area contributed by atoms with E-state index in [0.29, 0.717) is 48.7 Å². The molecule has 3 amide bonds. The van der Waals surface area contributed by atoms with Crippen molar-refractivity contribution in [2.45, 2.75) is 37.8 Å². The zero-order valence-corrected chi connectivity index (χ0v) is 22.5. The van der Waals surface area contributed by atoms with Crippen LogP contribution in [0.1, 0.15) is 56.8 Å². The van der Waals surface area contributed by atoms with Crippen LogP contribution < -0.4 is 21.3 Å². The van der Waals surface area contributed by atoms with Crippen LogP contribution in [0.4, 0.5) is 20.2 Å². The average molecular weight is 563 g/mol. The average Bonchev–Trinajstić information content (AvgIpc) is 3.00. The van der Waals surface area contributed by atoms with Crippen molar-refractivity contribution in [1.82, 2.24) is 15.2 Å². The third-order valence-electron chi connectivity index (χ3n) is 7.63. The number of nitrogens with two attached hydrogens (primary N) is 1. The summed E-state index contributed by atoms with van der Waals surface area (Å²) in [6.07, 6.45) is 6.43. The third kappa shape index (κ3) is 6.68. The molecule has 3 aromatic rings. The van der Waals surface area contributed by atoms with Crippen LogP contribution in [-0.2, 0) is 0 Å². The molecule has 4 N–H and O–H groups in total. The number of pyridine rings is 1. The van der Waals surface area contributed by atoms with Crippen LogP contribution in [0.5, 0.6) is 0 Å². The minimum atomic E-state index is -1.13. The topological polar surface area (TPSA) is 121 Å². The molecule has 2 fully saturated rings. The van der Waals surface area contributed by atoms with Gasteiger partial charge < -0.3 is 26.2 Å². The molecule has 0 spiro atoms. The number of carbonyl (C=O) groups excluding carboxylic acids is 3. The van der Waals surface area contributed by atoms with Crippen LogP contribution in [0.25, 0.3) is 0 Å². The SMILES string of the molecule is NC1CCC(NC(=O)c2ccc(N3CCN(C(=O)c4ccncc4)CC3)c(NC(=O)c3ccc(F)c(F)c3)c2)CC1. The highest BCUT2D eigenvalue weighted by Crippen LogP contribution is 2.30. The molecule has 1 saturated heterocycles. The fourth-order valence-electron chi connectivity index (χ4n) is 5.24. The van der Waals surface area contributed by atoms with Crippen molar-refractivity contribution in [3.8, 4) is 0 Å². The van der Waals surface area contributed by atoms with Gasteiger partial charge in [-0.15, -0.1) is 0 Å². The number of amides is 3. The van der Waals surface area contributed by atoms with Gasteiger partial charge in [-0.1, -0.05) is 0 Å². The predicted molar refractivity (Wildman–Crippen MR) is 151 cm³/mol. The summed E-state index contributed by atoms with van der Waals surface area (Å²) in [5.41, 5.74) is 7.85. The first kappa shape index (κ1) is 28.2. The Morgan fingerprint density at radius 1 is 0.780 bits per heavy atom. The van der Waals surface area contributed by atoms with Crippen LogP contribution in [0.2, 0.25) is 0 Å². The quantitative estimate of drug-likeness (QED) is 0.423. The minimum absolute atomic E-state index is 0.0215. The molecular weight excluding hydrogens is 530 g/mol. The van der Waals surface area contributed by atoms with Crippen molar-refractivity contribution >= 4 is 29.1 Å². The fourth-order valence-corrected chi connectivity index (χ4v) is 5.24. The van der Waals surface area contributed by atoms with Gasteiger partial charge in [0.1, 0.15) is 0 Å². The van der Waals surface area contributed by atoms with Crippen molar-refractivity contribution in [2.24, 2.45) is 5.73 Å². The summed E-state index contributed by atoms with van der Waals surface area (Å²) in [6, 6.07) is 11.5. The lowest BCUT2D eigenvalue weighted by Crippen LogP contribution is -2.49. The molecule has 2 aromatic carbocycles. The minimum Gasteiger partial charge on any atom is -0.366 e. The summed E-state index contributed by atoms with van der Waals surface area (Å²) >= 11 is 0. The molecule has 214 valence electrons. The number of halogens is 2. The maximum Gasteiger partial charge on any atom is 0.255 e. The van der Waals surface area contributed by atoms with Gasteiger partial charge in [0.25, 0.3) is 17.7 Å². The highest BCUT2D eigenvalue weighted by Gasteiger charge is 2.26. The lowest BCUT2D eigenvalue weighted by atomic mass is 9.91. The van der Waals surface area contributed by atoms with Gasteiger partial charge >= 0.3 is 0 Å². The van der Waals surface area contributed by atoms with E-state index < -0.39 is 17.5 Å². The smallest absolute Gasteiger partial charge is 0.255 e. The maximum absolute atomic E-state index is 13.8. The van der Waals surface area contributed by atoms with Crippen LogP contribution in [0.15, 0.2) is 60.9 Å². The summed E-state index contributed by atoms with van der Waals surface area (Å²) in [7, 11) is 0. The Morgan fingerprint density at radius 3 is 2.12 bits per heavy atom. The van der Waals surface area contributed by atoms with Crippen molar-refractivity contribution in [1.29, 1.82) is 0 Å². The molecule has 2 heterocycles. The Labute approximate surface area is 236 Å². The van der Waals surface area contributed by atoms with E-state index in [1.54, 1.807) is 47.6 Å². The monoisotopic (exact) mass is 562 g/mol. The van der Waals surface area contributed by atoms with Crippen molar-refractivity contribution < 1.29 is 23.2 Å². The van der Waals surface area contributed by atoms with Gasteiger partial charge in [0, 0.05) is 67.3 Å². The summed E-state index contributed by atoms with van der Waals surface area (Å²) in [4.78, 5) is 46.8. The Balaban J connectivity index is 1.35. The molecule has 9 nitrogen and oxygen atoms in total. The van der Waals surface area contributed by atoms with Gasteiger partial charge in [-0.2, -0.15) is 0 Å². The number of rotatable bonds is 6. The third-order valence-corrected chi connectivity index (χ3v) is 7.63. The highest BCUT2D eigenvalue weighted by molar-refractivity contribution is 6.07. The van der Waals surface area contributed by atoms with Crippen LogP contribution >= 0.6 is 0 Å². The molecular formula is C30H32F2N6O3. The standard InChI is InChI=1S/C30H32F2N6O3/c31-24-7-1-20(17-25(24)32)29(40)36-26-18-21(28(39)35-23-5-3-22(33)4-6-23)2-8-27(26)37-13-15-38(16-14-37)30(41)19-9-11-34-12-10-19/h1-2,7-12,17-18,22-23H,3-6,13-16,33H2,(H,35,39)(H,36,40). The second kappa shape index (κ2) is 12.4. The number of hydrogen-bond donors (Lipinski definition) is 3. The van der Waals surface area contributed by atoms with Crippen LogP contribution in [-0.4, -0.2) is 65.9 Å². The number of anilines is 2. The predicted octanol–water partition coefficient (Wildman–Crippen LogP) is 3.57. The van der Waals surface area contributed by atoms with Crippen LogP contribution in [0.3, 0.4) is 0 Å². The van der Waals surface area contributed by atoms with E-state index in [9.17, 15) is 23.2 Å². The van der Waals surface area contributed by atoms with Crippen molar-refractivity contribution in [2.75, 3.05) is 36.4 Å². The lowest BCUT2D eigenvalue weighted by molar-refractivity contribution is 0.0746. The summed E-state index contributed by atoms with van der Waals surface area (Å²) < 4.78 is 27.3. The summed E-state index contributed by atoms with van der Waals surface area (Å²) in [6.45, 7) is 1.87. The molecule has 11 heteroatoms. The molecule has 1 aliphatic carbocycles. The molecule has 1 aliphatic heterocycles. The van der Waals surface area contributed by atoms with E-state index >= 15 is 0 Å². The van der Waals surface area contributed by atoms with Crippen molar-refractivity contribution in [3.63, 3.8) is 0 Å². The lowest BCUT2D eigenvalue weighted by Gasteiger charge is -2.37. The van der Waals surface area contributed by atoms with E-state index in [4.69, 9.17) is 5.73 Å². The molecule has 0 unspecified atom stereocenters. The van der Waals surface area contributed by atoms with Gasteiger partial charge in [-0.3, -0.25) is 19.4 Å². The van der Waals surface area contributed by atoms with Gasteiger partial charge in [-0.25, -0.2) is 8.78 Å². The Bertz CT molecular complexity index is 1420. The highest BCUT2D eigenvalue weighted by atomic mass is 19.2. The zero-order chi connectivity index (χ0) is 28.9. The maximum atomic E-state index is 13.8. The number of nitrogens with one attached hydrogen (secondary N) is 2. The number of nitrogens with zero attached hydrogens (tertiary/aromatic N) is 3.